The summed E-state index contributed by atoms with van der Waals surface area (Å²) in [6.07, 6.45) is 0. The van der Waals surface area contributed by atoms with Gasteiger partial charge in [0.05, 0.1) is 10.1 Å². The molecule has 0 bridgehead atoms. The van der Waals surface area contributed by atoms with Gasteiger partial charge < -0.3 is 11.1 Å². The average molecular weight is 470 g/mol. The summed E-state index contributed by atoms with van der Waals surface area (Å²) < 4.78 is 27.6. The predicted molar refractivity (Wildman–Crippen MR) is 127 cm³/mol. The molecule has 32 heavy (non-hydrogen) atoms. The van der Waals surface area contributed by atoms with Crippen LogP contribution in [0, 0.1) is 6.92 Å². The first-order valence-corrected chi connectivity index (χ1v) is 12.1. The molecule has 3 aromatic rings. The Balaban J connectivity index is 1.59. The third-order valence-corrected chi connectivity index (χ3v) is 7.07. The second-order valence-electron chi connectivity index (χ2n) is 7.13. The first-order chi connectivity index (χ1) is 15.1. The van der Waals surface area contributed by atoms with E-state index in [0.717, 1.165) is 10.5 Å². The molecule has 9 heteroatoms. The van der Waals surface area contributed by atoms with Crippen LogP contribution >= 0.6 is 11.8 Å². The topological polar surface area (TPSA) is 118 Å². The Kier molecular flexibility index (Phi) is 7.22. The van der Waals surface area contributed by atoms with Gasteiger partial charge in [0.1, 0.15) is 0 Å². The van der Waals surface area contributed by atoms with E-state index < -0.39 is 21.2 Å². The SMILES string of the molecule is Cc1ccc(S(=O)(=O)Nc2ccc(SC(C)C(=O)Nc3ccc(C(N)=O)cc3)cc2)cc1. The van der Waals surface area contributed by atoms with Crippen molar-refractivity contribution in [2.24, 2.45) is 5.73 Å². The maximum absolute atomic E-state index is 12.5. The van der Waals surface area contributed by atoms with Gasteiger partial charge in [-0.05, 0) is 74.5 Å². The van der Waals surface area contributed by atoms with Crippen LogP contribution in [0.1, 0.15) is 22.8 Å². The highest BCUT2D eigenvalue weighted by Crippen LogP contribution is 2.26. The number of aryl methyl sites for hydroxylation is 1. The lowest BCUT2D eigenvalue weighted by atomic mass is 10.2. The molecular weight excluding hydrogens is 446 g/mol. The van der Waals surface area contributed by atoms with Gasteiger partial charge in [0.15, 0.2) is 0 Å². The number of nitrogens with one attached hydrogen (secondary N) is 2. The summed E-state index contributed by atoms with van der Waals surface area (Å²) in [7, 11) is -3.67. The molecule has 0 fully saturated rings. The predicted octanol–water partition coefficient (Wildman–Crippen LogP) is 4.01. The van der Waals surface area contributed by atoms with E-state index in [2.05, 4.69) is 10.0 Å². The van der Waals surface area contributed by atoms with E-state index in [1.54, 1.807) is 79.7 Å². The molecule has 0 aromatic heterocycles. The summed E-state index contributed by atoms with van der Waals surface area (Å²) in [5, 5.41) is 2.39. The highest BCUT2D eigenvalue weighted by atomic mass is 32.2. The maximum Gasteiger partial charge on any atom is 0.261 e. The van der Waals surface area contributed by atoms with Crippen LogP contribution < -0.4 is 15.8 Å². The van der Waals surface area contributed by atoms with Crippen molar-refractivity contribution in [3.63, 3.8) is 0 Å². The third kappa shape index (κ3) is 6.12. The fourth-order valence-electron chi connectivity index (χ4n) is 2.75. The zero-order valence-corrected chi connectivity index (χ0v) is 19.2. The molecule has 3 rings (SSSR count). The minimum atomic E-state index is -3.67. The monoisotopic (exact) mass is 469 g/mol. The van der Waals surface area contributed by atoms with Gasteiger partial charge in [0, 0.05) is 21.8 Å². The Morgan fingerprint density at radius 3 is 2.00 bits per heavy atom. The first kappa shape index (κ1) is 23.4. The van der Waals surface area contributed by atoms with Crippen molar-refractivity contribution in [2.45, 2.75) is 28.9 Å². The van der Waals surface area contributed by atoms with E-state index in [9.17, 15) is 18.0 Å². The Hall–Kier alpha value is -3.30. The number of carbonyl (C=O) groups is 2. The summed E-state index contributed by atoms with van der Waals surface area (Å²) in [6.45, 7) is 3.66. The molecule has 0 saturated heterocycles. The van der Waals surface area contributed by atoms with Gasteiger partial charge in [-0.25, -0.2) is 8.42 Å². The summed E-state index contributed by atoms with van der Waals surface area (Å²) in [5.41, 5.74) is 7.55. The fraction of sp³-hybridized carbons (Fsp3) is 0.130. The zero-order chi connectivity index (χ0) is 23.3. The van der Waals surface area contributed by atoms with Crippen LogP contribution in [0.3, 0.4) is 0 Å². The number of benzene rings is 3. The number of sulfonamides is 1. The molecule has 4 N–H and O–H groups in total. The summed E-state index contributed by atoms with van der Waals surface area (Å²) in [5.74, 6) is -0.734. The molecule has 1 atom stereocenters. The summed E-state index contributed by atoms with van der Waals surface area (Å²) in [6, 6.07) is 19.7. The maximum atomic E-state index is 12.5. The van der Waals surface area contributed by atoms with Crippen molar-refractivity contribution < 1.29 is 18.0 Å². The number of rotatable bonds is 8. The van der Waals surface area contributed by atoms with Crippen LogP contribution in [-0.2, 0) is 14.8 Å². The van der Waals surface area contributed by atoms with Crippen molar-refractivity contribution in [2.75, 3.05) is 10.0 Å². The molecular formula is C23H23N3O4S2. The highest BCUT2D eigenvalue weighted by Gasteiger charge is 2.16. The van der Waals surface area contributed by atoms with Gasteiger partial charge in [-0.2, -0.15) is 0 Å². The molecule has 7 nitrogen and oxygen atoms in total. The molecule has 166 valence electrons. The van der Waals surface area contributed by atoms with Crippen LogP contribution in [0.15, 0.2) is 82.6 Å². The molecule has 0 aliphatic carbocycles. The quantitative estimate of drug-likeness (QED) is 0.431. The lowest BCUT2D eigenvalue weighted by Gasteiger charge is -2.13. The Labute approximate surface area is 191 Å². The molecule has 0 radical (unpaired) electrons. The van der Waals surface area contributed by atoms with Crippen LogP contribution in [0.5, 0.6) is 0 Å². The van der Waals surface area contributed by atoms with Gasteiger partial charge in [-0.15, -0.1) is 11.8 Å². The average Bonchev–Trinajstić information content (AvgIpc) is 2.75. The lowest BCUT2D eigenvalue weighted by Crippen LogP contribution is -2.22. The standard InChI is InChI=1S/C23H23N3O4S2/c1-15-3-13-21(14-4-15)32(29,30)26-19-9-11-20(12-10-19)31-16(2)23(28)25-18-7-5-17(6-8-18)22(24)27/h3-14,16,26H,1-2H3,(H2,24,27)(H,25,28). The Morgan fingerprint density at radius 1 is 0.875 bits per heavy atom. The number of nitrogens with two attached hydrogens (primary N) is 1. The zero-order valence-electron chi connectivity index (χ0n) is 17.5. The van der Waals surface area contributed by atoms with Gasteiger partial charge >= 0.3 is 0 Å². The minimum Gasteiger partial charge on any atom is -0.366 e. The van der Waals surface area contributed by atoms with Crippen molar-refractivity contribution in [3.8, 4) is 0 Å². The number of primary amides is 1. The van der Waals surface area contributed by atoms with E-state index in [-0.39, 0.29) is 10.8 Å². The molecule has 2 amide bonds. The number of amides is 2. The molecule has 0 spiro atoms. The van der Waals surface area contributed by atoms with Crippen molar-refractivity contribution in [1.29, 1.82) is 0 Å². The largest absolute Gasteiger partial charge is 0.366 e. The number of hydrogen-bond donors (Lipinski definition) is 3. The van der Waals surface area contributed by atoms with Crippen molar-refractivity contribution in [1.82, 2.24) is 0 Å². The highest BCUT2D eigenvalue weighted by molar-refractivity contribution is 8.00. The van der Waals surface area contributed by atoms with Crippen molar-refractivity contribution in [3.05, 3.63) is 83.9 Å². The molecule has 0 heterocycles. The lowest BCUT2D eigenvalue weighted by molar-refractivity contribution is -0.115. The molecule has 0 aliphatic rings. The first-order valence-electron chi connectivity index (χ1n) is 9.71. The normalized spacial score (nSPS) is 12.1. The van der Waals surface area contributed by atoms with Gasteiger partial charge in [-0.3, -0.25) is 14.3 Å². The molecule has 0 aliphatic heterocycles. The molecule has 0 saturated carbocycles. The van der Waals surface area contributed by atoms with E-state index in [0.29, 0.717) is 16.9 Å². The van der Waals surface area contributed by atoms with Gasteiger partial charge in [-0.1, -0.05) is 17.7 Å². The van der Waals surface area contributed by atoms with E-state index >= 15 is 0 Å². The van der Waals surface area contributed by atoms with Crippen LogP contribution in [-0.4, -0.2) is 25.5 Å². The Morgan fingerprint density at radius 2 is 1.44 bits per heavy atom. The Bertz CT molecular complexity index is 1210. The fourth-order valence-corrected chi connectivity index (χ4v) is 4.68. The summed E-state index contributed by atoms with van der Waals surface area (Å²) >= 11 is 1.34. The second-order valence-corrected chi connectivity index (χ2v) is 10.2. The summed E-state index contributed by atoms with van der Waals surface area (Å²) in [4.78, 5) is 24.6. The van der Waals surface area contributed by atoms with Crippen molar-refractivity contribution >= 4 is 45.0 Å². The molecule has 3 aromatic carbocycles. The molecule has 1 unspecified atom stereocenters. The van der Waals surface area contributed by atoms with E-state index in [1.807, 2.05) is 6.92 Å². The number of thioether (sulfide) groups is 1. The second kappa shape index (κ2) is 9.88. The number of hydrogen-bond acceptors (Lipinski definition) is 5. The van der Waals surface area contributed by atoms with E-state index in [4.69, 9.17) is 5.73 Å². The van der Waals surface area contributed by atoms with Gasteiger partial charge in [0.2, 0.25) is 11.8 Å². The van der Waals surface area contributed by atoms with E-state index in [1.165, 1.54) is 11.8 Å². The minimum absolute atomic E-state index is 0.190. The van der Waals surface area contributed by atoms with Crippen LogP contribution in [0.25, 0.3) is 0 Å². The third-order valence-electron chi connectivity index (χ3n) is 4.56. The van der Waals surface area contributed by atoms with Crippen LogP contribution in [0.2, 0.25) is 0 Å². The van der Waals surface area contributed by atoms with Gasteiger partial charge in [0.25, 0.3) is 10.0 Å². The number of anilines is 2. The number of carbonyl (C=O) groups excluding carboxylic acids is 2. The van der Waals surface area contributed by atoms with Crippen LogP contribution in [0.4, 0.5) is 11.4 Å². The smallest absolute Gasteiger partial charge is 0.261 e.